The molecule has 4 fully saturated rings. The third-order valence-corrected chi connectivity index (χ3v) is 15.2. The van der Waals surface area contributed by atoms with E-state index in [1.807, 2.05) is 0 Å². The SMILES string of the molecule is COC(=O)[C@H](CN[C@]12CCC[C@]1(C)[C@H]1CCC3[C@@](C)(CCC4C(C)(C)C(C5=CC[C@H](C=O)CC5)=CC[C@@]43C)C1CC2)OC. The fourth-order valence-electron chi connectivity index (χ4n) is 13.1. The molecule has 0 saturated heterocycles. The van der Waals surface area contributed by atoms with E-state index in [1.165, 1.54) is 83.2 Å². The Balaban J connectivity index is 1.25. The molecular weight excluding hydrogens is 534 g/mol. The van der Waals surface area contributed by atoms with Gasteiger partial charge in [0, 0.05) is 25.1 Å². The average molecular weight is 594 g/mol. The number of carbonyl (C=O) groups excluding carboxylic acids is 2. The lowest BCUT2D eigenvalue weighted by molar-refractivity contribution is -0.192. The summed E-state index contributed by atoms with van der Waals surface area (Å²) in [5.74, 6) is 2.91. The smallest absolute Gasteiger partial charge is 0.336 e. The summed E-state index contributed by atoms with van der Waals surface area (Å²) < 4.78 is 10.6. The van der Waals surface area contributed by atoms with E-state index in [2.05, 4.69) is 52.1 Å². The maximum Gasteiger partial charge on any atom is 0.336 e. The van der Waals surface area contributed by atoms with Crippen LogP contribution < -0.4 is 5.32 Å². The second kappa shape index (κ2) is 11.1. The van der Waals surface area contributed by atoms with Crippen molar-refractivity contribution in [3.63, 3.8) is 0 Å². The number of carbonyl (C=O) groups is 2. The molecule has 0 aliphatic heterocycles. The van der Waals surface area contributed by atoms with E-state index in [9.17, 15) is 9.59 Å². The van der Waals surface area contributed by atoms with Crippen molar-refractivity contribution in [2.75, 3.05) is 20.8 Å². The number of hydrogen-bond donors (Lipinski definition) is 1. The van der Waals surface area contributed by atoms with Crippen molar-refractivity contribution < 1.29 is 19.1 Å². The van der Waals surface area contributed by atoms with Crippen LogP contribution in [0.2, 0.25) is 0 Å². The Morgan fingerprint density at radius 3 is 2.40 bits per heavy atom. The second-order valence-corrected chi connectivity index (χ2v) is 16.9. The zero-order chi connectivity index (χ0) is 30.8. The Labute approximate surface area is 261 Å². The Kier molecular flexibility index (Phi) is 8.14. The van der Waals surface area contributed by atoms with Crippen LogP contribution >= 0.6 is 0 Å². The molecule has 0 amide bonds. The molecule has 43 heavy (non-hydrogen) atoms. The van der Waals surface area contributed by atoms with Gasteiger partial charge in [-0.3, -0.25) is 0 Å². The molecule has 0 spiro atoms. The van der Waals surface area contributed by atoms with Gasteiger partial charge in [0.05, 0.1) is 7.11 Å². The summed E-state index contributed by atoms with van der Waals surface area (Å²) in [6.07, 6.45) is 21.5. The number of rotatable bonds is 7. The van der Waals surface area contributed by atoms with Gasteiger partial charge in [0.2, 0.25) is 0 Å². The van der Waals surface area contributed by atoms with Gasteiger partial charge >= 0.3 is 5.97 Å². The lowest BCUT2D eigenvalue weighted by Crippen LogP contribution is -2.67. The largest absolute Gasteiger partial charge is 0.467 e. The van der Waals surface area contributed by atoms with Crippen LogP contribution in [0.1, 0.15) is 118 Å². The van der Waals surface area contributed by atoms with Gasteiger partial charge in [-0.2, -0.15) is 0 Å². The van der Waals surface area contributed by atoms with Gasteiger partial charge in [0.1, 0.15) is 6.29 Å². The van der Waals surface area contributed by atoms with Crippen molar-refractivity contribution in [3.05, 3.63) is 23.3 Å². The molecule has 10 atom stereocenters. The van der Waals surface area contributed by atoms with Gasteiger partial charge in [-0.05, 0) is 134 Å². The van der Waals surface area contributed by atoms with Gasteiger partial charge in [-0.25, -0.2) is 4.79 Å². The van der Waals surface area contributed by atoms with Crippen LogP contribution in [-0.4, -0.2) is 44.7 Å². The summed E-state index contributed by atoms with van der Waals surface area (Å²) in [5.41, 5.74) is 4.37. The summed E-state index contributed by atoms with van der Waals surface area (Å²) in [7, 11) is 3.07. The molecule has 6 rings (SSSR count). The molecule has 6 aliphatic carbocycles. The van der Waals surface area contributed by atoms with Crippen LogP contribution in [0.3, 0.4) is 0 Å². The number of methoxy groups -OCH3 is 2. The minimum atomic E-state index is -0.547. The van der Waals surface area contributed by atoms with Crippen LogP contribution in [0.5, 0.6) is 0 Å². The first-order valence-electron chi connectivity index (χ1n) is 17.6. The van der Waals surface area contributed by atoms with Crippen molar-refractivity contribution in [2.24, 2.45) is 51.2 Å². The molecule has 0 radical (unpaired) electrons. The quantitative estimate of drug-likeness (QED) is 0.241. The van der Waals surface area contributed by atoms with Gasteiger partial charge in [-0.15, -0.1) is 0 Å². The highest BCUT2D eigenvalue weighted by atomic mass is 16.6. The van der Waals surface area contributed by atoms with Crippen molar-refractivity contribution in [1.82, 2.24) is 5.32 Å². The molecule has 1 N–H and O–H groups in total. The predicted octanol–water partition coefficient (Wildman–Crippen LogP) is 7.83. The van der Waals surface area contributed by atoms with Gasteiger partial charge < -0.3 is 19.6 Å². The molecule has 240 valence electrons. The summed E-state index contributed by atoms with van der Waals surface area (Å²) in [4.78, 5) is 23.7. The van der Waals surface area contributed by atoms with Crippen molar-refractivity contribution in [2.45, 2.75) is 130 Å². The number of allylic oxidation sites excluding steroid dienone is 4. The number of ether oxygens (including phenoxy) is 2. The predicted molar refractivity (Wildman–Crippen MR) is 171 cm³/mol. The van der Waals surface area contributed by atoms with Crippen molar-refractivity contribution >= 4 is 12.3 Å². The molecule has 5 nitrogen and oxygen atoms in total. The zero-order valence-corrected chi connectivity index (χ0v) is 28.2. The van der Waals surface area contributed by atoms with E-state index in [1.54, 1.807) is 12.7 Å². The van der Waals surface area contributed by atoms with Crippen LogP contribution in [0, 0.1) is 51.2 Å². The third-order valence-electron chi connectivity index (χ3n) is 15.2. The molecule has 4 saturated carbocycles. The number of aldehydes is 1. The highest BCUT2D eigenvalue weighted by molar-refractivity contribution is 5.74. The normalized spacial score (nSPS) is 45.8. The molecule has 0 aromatic heterocycles. The summed E-state index contributed by atoms with van der Waals surface area (Å²) in [6.45, 7) is 13.6. The van der Waals surface area contributed by atoms with E-state index in [-0.39, 0.29) is 28.3 Å². The van der Waals surface area contributed by atoms with Gasteiger partial charge in [0.15, 0.2) is 6.10 Å². The molecule has 0 aromatic rings. The minimum absolute atomic E-state index is 0.0876. The van der Waals surface area contributed by atoms with E-state index in [0.29, 0.717) is 23.3 Å². The third kappa shape index (κ3) is 4.59. The van der Waals surface area contributed by atoms with E-state index >= 15 is 0 Å². The summed E-state index contributed by atoms with van der Waals surface area (Å²) in [5, 5.41) is 3.97. The molecular formula is C38H59NO4. The highest BCUT2D eigenvalue weighted by Gasteiger charge is 2.68. The Bertz CT molecular complexity index is 1170. The lowest BCUT2D eigenvalue weighted by atomic mass is 9.35. The zero-order valence-electron chi connectivity index (χ0n) is 28.2. The van der Waals surface area contributed by atoms with Gasteiger partial charge in [-0.1, -0.05) is 53.2 Å². The number of fused-ring (bicyclic) bond motifs is 7. The first-order valence-corrected chi connectivity index (χ1v) is 17.6. The first kappa shape index (κ1) is 31.5. The van der Waals surface area contributed by atoms with Crippen LogP contribution in [0.15, 0.2) is 23.3 Å². The fourth-order valence-corrected chi connectivity index (χ4v) is 13.1. The first-order chi connectivity index (χ1) is 20.4. The van der Waals surface area contributed by atoms with Crippen LogP contribution in [0.4, 0.5) is 0 Å². The summed E-state index contributed by atoms with van der Waals surface area (Å²) >= 11 is 0. The average Bonchev–Trinajstić information content (AvgIpc) is 3.34. The molecule has 5 heteroatoms. The topological polar surface area (TPSA) is 64.6 Å². The monoisotopic (exact) mass is 593 g/mol. The Morgan fingerprint density at radius 1 is 0.930 bits per heavy atom. The Morgan fingerprint density at radius 2 is 1.72 bits per heavy atom. The summed E-state index contributed by atoms with van der Waals surface area (Å²) in [6, 6.07) is 0. The van der Waals surface area contributed by atoms with E-state index < -0.39 is 6.10 Å². The van der Waals surface area contributed by atoms with Gasteiger partial charge in [0.25, 0.3) is 0 Å². The highest BCUT2D eigenvalue weighted by Crippen LogP contribution is 2.74. The van der Waals surface area contributed by atoms with E-state index in [0.717, 1.165) is 37.0 Å². The standard InChI is InChI=1S/C38H59NO4/c1-34(2)27(26-11-9-25(24-40)10-12-26)15-20-36(4)31(34)17-21-35(3)28-16-22-38(39-23-30(42-6)33(41)43-7)19-8-18-37(38,5)29(28)13-14-32(35)36/h11,15,24-25,28-32,39H,8-10,12-14,16-23H2,1-7H3/t25-,28?,29-,30-,31?,32?,35-,36-,37+,38-/m0/s1. The maximum absolute atomic E-state index is 12.3. The Hall–Kier alpha value is -1.46. The van der Waals surface area contributed by atoms with Crippen molar-refractivity contribution in [1.29, 1.82) is 0 Å². The fraction of sp³-hybridized carbons (Fsp3) is 0.842. The lowest BCUT2D eigenvalue weighted by Gasteiger charge is -2.70. The van der Waals surface area contributed by atoms with Crippen LogP contribution in [-0.2, 0) is 19.1 Å². The van der Waals surface area contributed by atoms with E-state index in [4.69, 9.17) is 9.47 Å². The van der Waals surface area contributed by atoms with Crippen molar-refractivity contribution in [3.8, 4) is 0 Å². The molecule has 0 bridgehead atoms. The molecule has 0 heterocycles. The minimum Gasteiger partial charge on any atom is -0.467 e. The van der Waals surface area contributed by atoms with Crippen LogP contribution in [0.25, 0.3) is 0 Å². The maximum atomic E-state index is 12.3. The number of esters is 1. The number of hydrogen-bond acceptors (Lipinski definition) is 5. The second-order valence-electron chi connectivity index (χ2n) is 16.9. The molecule has 0 aromatic carbocycles. The number of nitrogens with one attached hydrogen (secondary N) is 1. The molecule has 6 aliphatic rings. The molecule has 3 unspecified atom stereocenters.